The number of nitrogens with one attached hydrogen (secondary N) is 1. The lowest BCUT2D eigenvalue weighted by Crippen LogP contribution is -2.02. The molecule has 0 saturated carbocycles. The molecule has 2 nitrogen and oxygen atoms in total. The minimum absolute atomic E-state index is 0.431. The Labute approximate surface area is 61.7 Å². The van der Waals surface area contributed by atoms with Crippen molar-refractivity contribution in [3.8, 4) is 0 Å². The number of H-pyrrole nitrogens is 1. The molecule has 0 bridgehead atoms. The highest BCUT2D eigenvalue weighted by atomic mass is 15.1. The van der Waals surface area contributed by atoms with Crippen LogP contribution >= 0.6 is 0 Å². The largest absolute Gasteiger partial charge is 0.282 e. The first kappa shape index (κ1) is 7.32. The van der Waals surface area contributed by atoms with Gasteiger partial charge in [-0.3, -0.25) is 5.10 Å². The van der Waals surface area contributed by atoms with Gasteiger partial charge in [-0.2, -0.15) is 5.10 Å². The highest BCUT2D eigenvalue weighted by Gasteiger charge is 2.09. The van der Waals surface area contributed by atoms with Crippen LogP contribution in [0.5, 0.6) is 0 Å². The molecular weight excluding hydrogens is 124 g/mol. The maximum Gasteiger partial charge on any atom is 0.0490 e. The molecule has 1 aromatic rings. The van der Waals surface area contributed by atoms with Crippen LogP contribution < -0.4 is 0 Å². The van der Waals surface area contributed by atoms with Crippen LogP contribution in [0, 0.1) is 12.8 Å². The molecule has 55 valence electrons. The molecule has 0 amide bonds. The molecule has 2 unspecified atom stereocenters. The van der Waals surface area contributed by atoms with Crippen molar-refractivity contribution in [3.05, 3.63) is 24.9 Å². The zero-order chi connectivity index (χ0) is 7.56. The van der Waals surface area contributed by atoms with Crippen LogP contribution in [-0.2, 0) is 0 Å². The first-order chi connectivity index (χ1) is 4.72. The molecule has 0 aliphatic heterocycles. The monoisotopic (exact) mass is 137 g/mol. The van der Waals surface area contributed by atoms with Crippen LogP contribution in [0.25, 0.3) is 0 Å². The summed E-state index contributed by atoms with van der Waals surface area (Å²) in [6, 6.07) is 1.99. The third kappa shape index (κ3) is 1.38. The SMILES string of the molecule is [CH2]C(C)C(C)c1ccn[nH]1. The summed E-state index contributed by atoms with van der Waals surface area (Å²) in [5.74, 6) is 0.906. The quantitative estimate of drug-likeness (QED) is 0.663. The molecule has 1 radical (unpaired) electrons. The van der Waals surface area contributed by atoms with Gasteiger partial charge in [0.15, 0.2) is 0 Å². The molecule has 0 saturated heterocycles. The summed E-state index contributed by atoms with van der Waals surface area (Å²) in [4.78, 5) is 0. The fourth-order valence-electron chi connectivity index (χ4n) is 0.827. The number of nitrogens with zero attached hydrogens (tertiary/aromatic N) is 1. The molecule has 1 heterocycles. The van der Waals surface area contributed by atoms with Gasteiger partial charge in [0, 0.05) is 17.8 Å². The van der Waals surface area contributed by atoms with E-state index < -0.39 is 0 Å². The van der Waals surface area contributed by atoms with Crippen LogP contribution in [-0.4, -0.2) is 10.2 Å². The van der Waals surface area contributed by atoms with Crippen LogP contribution in [0.4, 0.5) is 0 Å². The van der Waals surface area contributed by atoms with Gasteiger partial charge < -0.3 is 0 Å². The predicted molar refractivity (Wildman–Crippen MR) is 41.5 cm³/mol. The lowest BCUT2D eigenvalue weighted by Gasteiger charge is -2.11. The van der Waals surface area contributed by atoms with Crippen molar-refractivity contribution in [1.82, 2.24) is 10.2 Å². The van der Waals surface area contributed by atoms with Crippen molar-refractivity contribution in [2.75, 3.05) is 0 Å². The van der Waals surface area contributed by atoms with Gasteiger partial charge in [-0.15, -0.1) is 0 Å². The van der Waals surface area contributed by atoms with Gasteiger partial charge in [0.2, 0.25) is 0 Å². The van der Waals surface area contributed by atoms with E-state index in [1.165, 1.54) is 5.69 Å². The van der Waals surface area contributed by atoms with Gasteiger partial charge in [-0.1, -0.05) is 13.8 Å². The van der Waals surface area contributed by atoms with Gasteiger partial charge in [-0.05, 0) is 18.9 Å². The number of aromatic nitrogens is 2. The van der Waals surface area contributed by atoms with Gasteiger partial charge >= 0.3 is 0 Å². The molecule has 1 aromatic heterocycles. The molecule has 1 N–H and O–H groups in total. The van der Waals surface area contributed by atoms with Crippen molar-refractivity contribution in [3.63, 3.8) is 0 Å². The summed E-state index contributed by atoms with van der Waals surface area (Å²) in [6.45, 7) is 8.19. The maximum atomic E-state index is 3.95. The van der Waals surface area contributed by atoms with Gasteiger partial charge in [-0.25, -0.2) is 0 Å². The fraction of sp³-hybridized carbons (Fsp3) is 0.500. The molecule has 1 rings (SSSR count). The topological polar surface area (TPSA) is 28.7 Å². The maximum absolute atomic E-state index is 3.95. The second kappa shape index (κ2) is 2.86. The van der Waals surface area contributed by atoms with Gasteiger partial charge in [0.25, 0.3) is 0 Å². The number of hydrogen-bond donors (Lipinski definition) is 1. The van der Waals surface area contributed by atoms with E-state index in [1.54, 1.807) is 6.20 Å². The molecule has 0 spiro atoms. The van der Waals surface area contributed by atoms with E-state index in [0.29, 0.717) is 11.8 Å². The predicted octanol–water partition coefficient (Wildman–Crippen LogP) is 1.98. The zero-order valence-corrected chi connectivity index (χ0v) is 6.46. The summed E-state index contributed by atoms with van der Waals surface area (Å²) in [7, 11) is 0. The number of aromatic amines is 1. The number of hydrogen-bond acceptors (Lipinski definition) is 1. The fourth-order valence-corrected chi connectivity index (χ4v) is 0.827. The third-order valence-electron chi connectivity index (χ3n) is 1.87. The molecule has 0 aliphatic rings. The average molecular weight is 137 g/mol. The molecule has 2 atom stereocenters. The van der Waals surface area contributed by atoms with E-state index in [4.69, 9.17) is 0 Å². The molecule has 0 aliphatic carbocycles. The Hall–Kier alpha value is -0.790. The van der Waals surface area contributed by atoms with E-state index in [2.05, 4.69) is 31.0 Å². The summed E-state index contributed by atoms with van der Waals surface area (Å²) in [6.07, 6.45) is 1.77. The van der Waals surface area contributed by atoms with E-state index in [0.717, 1.165) is 0 Å². The normalized spacial score (nSPS) is 14.0. The zero-order valence-electron chi connectivity index (χ0n) is 6.46. The Kier molecular flexibility index (Phi) is 2.10. The van der Waals surface area contributed by atoms with E-state index in [1.807, 2.05) is 6.07 Å². The highest BCUT2D eigenvalue weighted by Crippen LogP contribution is 2.20. The average Bonchev–Trinajstić information content (AvgIpc) is 2.36. The van der Waals surface area contributed by atoms with Crippen molar-refractivity contribution >= 4 is 0 Å². The van der Waals surface area contributed by atoms with Crippen LogP contribution in [0.3, 0.4) is 0 Å². The first-order valence-corrected chi connectivity index (χ1v) is 3.54. The van der Waals surface area contributed by atoms with Crippen molar-refractivity contribution in [1.29, 1.82) is 0 Å². The van der Waals surface area contributed by atoms with E-state index >= 15 is 0 Å². The lowest BCUT2D eigenvalue weighted by atomic mass is 9.95. The molecular formula is C8H13N2. The van der Waals surface area contributed by atoms with Gasteiger partial charge in [0.1, 0.15) is 0 Å². The molecule has 0 aromatic carbocycles. The first-order valence-electron chi connectivity index (χ1n) is 3.54. The van der Waals surface area contributed by atoms with Crippen molar-refractivity contribution in [2.45, 2.75) is 19.8 Å². The smallest absolute Gasteiger partial charge is 0.0490 e. The Morgan fingerprint density at radius 1 is 1.60 bits per heavy atom. The lowest BCUT2D eigenvalue weighted by molar-refractivity contribution is 0.571. The Bertz CT molecular complexity index is 177. The Morgan fingerprint density at radius 2 is 2.30 bits per heavy atom. The van der Waals surface area contributed by atoms with E-state index in [9.17, 15) is 0 Å². The minimum Gasteiger partial charge on any atom is -0.282 e. The van der Waals surface area contributed by atoms with Crippen LogP contribution in [0.1, 0.15) is 25.5 Å². The molecule has 0 fully saturated rings. The summed E-state index contributed by atoms with van der Waals surface area (Å²) in [5.41, 5.74) is 1.17. The second-order valence-electron chi connectivity index (χ2n) is 2.78. The van der Waals surface area contributed by atoms with Crippen molar-refractivity contribution < 1.29 is 0 Å². The van der Waals surface area contributed by atoms with Crippen LogP contribution in [0.2, 0.25) is 0 Å². The summed E-state index contributed by atoms with van der Waals surface area (Å²) < 4.78 is 0. The number of rotatable bonds is 2. The van der Waals surface area contributed by atoms with Crippen LogP contribution in [0.15, 0.2) is 12.3 Å². The second-order valence-corrected chi connectivity index (χ2v) is 2.78. The standard InChI is InChI=1S/C8H13N2/c1-6(2)7(3)8-4-5-9-10-8/h4-7H,1H2,2-3H3,(H,9,10). The Morgan fingerprint density at radius 3 is 2.70 bits per heavy atom. The molecule has 2 heteroatoms. The Balaban J connectivity index is 2.68. The summed E-state index contributed by atoms with van der Waals surface area (Å²) in [5, 5.41) is 6.80. The molecule has 10 heavy (non-hydrogen) atoms. The van der Waals surface area contributed by atoms with E-state index in [-0.39, 0.29) is 0 Å². The minimum atomic E-state index is 0.431. The highest BCUT2D eigenvalue weighted by molar-refractivity contribution is 5.05. The summed E-state index contributed by atoms with van der Waals surface area (Å²) >= 11 is 0. The van der Waals surface area contributed by atoms with Gasteiger partial charge in [0.05, 0.1) is 0 Å². The van der Waals surface area contributed by atoms with Crippen molar-refractivity contribution in [2.24, 2.45) is 5.92 Å². The third-order valence-corrected chi connectivity index (χ3v) is 1.87.